The summed E-state index contributed by atoms with van der Waals surface area (Å²) < 4.78 is 0. The molecule has 7 heavy (non-hydrogen) atoms. The third-order valence-electron chi connectivity index (χ3n) is 0.869. The smallest absolute Gasteiger partial charge is 0.0956 e. The van der Waals surface area contributed by atoms with Crippen LogP contribution in [-0.4, -0.2) is 17.9 Å². The van der Waals surface area contributed by atoms with Gasteiger partial charge in [0.1, 0.15) is 0 Å². The van der Waals surface area contributed by atoms with Gasteiger partial charge in [0.15, 0.2) is 0 Å². The molecule has 0 fully saturated rings. The van der Waals surface area contributed by atoms with Crippen LogP contribution in [-0.2, 0) is 0 Å². The molecule has 38 valence electrons. The van der Waals surface area contributed by atoms with Crippen LogP contribution in [0.3, 0.4) is 0 Å². The van der Waals surface area contributed by atoms with Crippen LogP contribution in [0, 0.1) is 0 Å². The lowest BCUT2D eigenvalue weighted by Gasteiger charge is -1.97. The van der Waals surface area contributed by atoms with Gasteiger partial charge in [-0.3, -0.25) is 4.99 Å². The summed E-state index contributed by atoms with van der Waals surface area (Å²) in [7, 11) is 0. The first-order chi connectivity index (χ1) is 3.39. The van der Waals surface area contributed by atoms with Gasteiger partial charge >= 0.3 is 0 Å². The monoisotopic (exact) mass is 97.1 g/mol. The van der Waals surface area contributed by atoms with Crippen LogP contribution in [0.25, 0.3) is 0 Å². The standard InChI is InChI=1S/C5H7NO/c7-5-1-3-6-4-2-5/h1,3,7H,2,4H2. The van der Waals surface area contributed by atoms with Crippen molar-refractivity contribution in [1.29, 1.82) is 0 Å². The molecule has 0 aromatic rings. The van der Waals surface area contributed by atoms with Crippen molar-refractivity contribution in [2.45, 2.75) is 6.42 Å². The van der Waals surface area contributed by atoms with Gasteiger partial charge in [-0.25, -0.2) is 0 Å². The minimum atomic E-state index is 0.440. The Hall–Kier alpha value is -0.790. The second kappa shape index (κ2) is 1.78. The van der Waals surface area contributed by atoms with Crippen molar-refractivity contribution >= 4 is 6.21 Å². The Bertz CT molecular complexity index is 115. The van der Waals surface area contributed by atoms with Crippen molar-refractivity contribution in [2.24, 2.45) is 4.99 Å². The largest absolute Gasteiger partial charge is 0.512 e. The molecule has 0 aliphatic carbocycles. The lowest BCUT2D eigenvalue weighted by Crippen LogP contribution is -1.91. The van der Waals surface area contributed by atoms with Crippen molar-refractivity contribution in [3.63, 3.8) is 0 Å². The fraction of sp³-hybridized carbons (Fsp3) is 0.400. The predicted molar refractivity (Wildman–Crippen MR) is 28.7 cm³/mol. The van der Waals surface area contributed by atoms with E-state index < -0.39 is 0 Å². The minimum Gasteiger partial charge on any atom is -0.512 e. The van der Waals surface area contributed by atoms with Gasteiger partial charge in [0.05, 0.1) is 5.76 Å². The highest BCUT2D eigenvalue weighted by atomic mass is 16.3. The van der Waals surface area contributed by atoms with E-state index in [1.807, 2.05) is 0 Å². The highest BCUT2D eigenvalue weighted by Gasteiger charge is 1.92. The summed E-state index contributed by atoms with van der Waals surface area (Å²) in [6, 6.07) is 0. The third-order valence-corrected chi connectivity index (χ3v) is 0.869. The Morgan fingerprint density at radius 2 is 2.57 bits per heavy atom. The first-order valence-electron chi connectivity index (χ1n) is 2.27. The van der Waals surface area contributed by atoms with Crippen molar-refractivity contribution in [1.82, 2.24) is 0 Å². The molecule has 0 amide bonds. The van der Waals surface area contributed by atoms with E-state index in [1.165, 1.54) is 0 Å². The summed E-state index contributed by atoms with van der Waals surface area (Å²) >= 11 is 0. The van der Waals surface area contributed by atoms with E-state index in [4.69, 9.17) is 5.11 Å². The molecule has 0 saturated carbocycles. The molecule has 0 atom stereocenters. The predicted octanol–water partition coefficient (Wildman–Crippen LogP) is 0.903. The van der Waals surface area contributed by atoms with E-state index >= 15 is 0 Å². The molecular weight excluding hydrogens is 90.1 g/mol. The maximum absolute atomic E-state index is 8.68. The van der Waals surface area contributed by atoms with Gasteiger partial charge < -0.3 is 5.11 Å². The van der Waals surface area contributed by atoms with Crippen LogP contribution in [0.2, 0.25) is 0 Å². The first kappa shape index (κ1) is 4.37. The van der Waals surface area contributed by atoms with Crippen molar-refractivity contribution in [3.05, 3.63) is 11.8 Å². The Labute approximate surface area is 42.2 Å². The number of nitrogens with zero attached hydrogens (tertiary/aromatic N) is 1. The molecule has 0 aromatic carbocycles. The van der Waals surface area contributed by atoms with Crippen LogP contribution < -0.4 is 0 Å². The lowest BCUT2D eigenvalue weighted by molar-refractivity contribution is 0.390. The van der Waals surface area contributed by atoms with Gasteiger partial charge in [0.2, 0.25) is 0 Å². The lowest BCUT2D eigenvalue weighted by atomic mass is 10.3. The second-order valence-electron chi connectivity index (χ2n) is 1.46. The number of aliphatic hydroxyl groups is 1. The zero-order valence-electron chi connectivity index (χ0n) is 3.96. The first-order valence-corrected chi connectivity index (χ1v) is 2.27. The third kappa shape index (κ3) is 1.03. The van der Waals surface area contributed by atoms with Gasteiger partial charge in [0.25, 0.3) is 0 Å². The summed E-state index contributed by atoms with van der Waals surface area (Å²) in [5.74, 6) is 0.440. The Morgan fingerprint density at radius 3 is 2.86 bits per heavy atom. The zero-order valence-corrected chi connectivity index (χ0v) is 3.96. The van der Waals surface area contributed by atoms with Crippen LogP contribution in [0.5, 0.6) is 0 Å². The fourth-order valence-corrected chi connectivity index (χ4v) is 0.476. The molecule has 1 aliphatic heterocycles. The summed E-state index contributed by atoms with van der Waals surface area (Å²) in [5.41, 5.74) is 0. The summed E-state index contributed by atoms with van der Waals surface area (Å²) in [5, 5.41) is 8.68. The summed E-state index contributed by atoms with van der Waals surface area (Å²) in [4.78, 5) is 3.87. The average Bonchev–Trinajstić information content (AvgIpc) is 1.69. The molecule has 0 spiro atoms. The molecule has 1 rings (SSSR count). The van der Waals surface area contributed by atoms with Crippen LogP contribution >= 0.6 is 0 Å². The number of dihydropyridines is 1. The second-order valence-corrected chi connectivity index (χ2v) is 1.46. The molecule has 2 heteroatoms. The van der Waals surface area contributed by atoms with Crippen LogP contribution in [0.1, 0.15) is 6.42 Å². The summed E-state index contributed by atoms with van der Waals surface area (Å²) in [6.45, 7) is 0.738. The van der Waals surface area contributed by atoms with Gasteiger partial charge in [-0.1, -0.05) is 0 Å². The topological polar surface area (TPSA) is 32.6 Å². The molecule has 0 radical (unpaired) electrons. The Balaban J connectivity index is 2.57. The van der Waals surface area contributed by atoms with Gasteiger partial charge in [0, 0.05) is 19.2 Å². The number of aliphatic hydroxyl groups excluding tert-OH is 1. The molecule has 0 bridgehead atoms. The van der Waals surface area contributed by atoms with E-state index in [9.17, 15) is 0 Å². The maximum atomic E-state index is 8.68. The number of rotatable bonds is 0. The zero-order chi connectivity index (χ0) is 5.11. The quantitative estimate of drug-likeness (QED) is 0.478. The molecular formula is C5H7NO. The molecule has 0 aromatic heterocycles. The van der Waals surface area contributed by atoms with E-state index in [-0.39, 0.29) is 0 Å². The van der Waals surface area contributed by atoms with E-state index in [2.05, 4.69) is 4.99 Å². The molecule has 0 saturated heterocycles. The van der Waals surface area contributed by atoms with E-state index in [0.29, 0.717) is 12.2 Å². The van der Waals surface area contributed by atoms with Crippen LogP contribution in [0.4, 0.5) is 0 Å². The molecule has 1 aliphatic rings. The normalized spacial score (nSPS) is 19.1. The Kier molecular flexibility index (Phi) is 1.11. The highest BCUT2D eigenvalue weighted by molar-refractivity contribution is 5.72. The number of aliphatic imine (C=N–C) groups is 1. The van der Waals surface area contributed by atoms with Crippen molar-refractivity contribution < 1.29 is 5.11 Å². The molecule has 0 unspecified atom stereocenters. The fourth-order valence-electron chi connectivity index (χ4n) is 0.476. The average molecular weight is 97.1 g/mol. The molecule has 2 nitrogen and oxygen atoms in total. The van der Waals surface area contributed by atoms with Crippen molar-refractivity contribution in [3.8, 4) is 0 Å². The maximum Gasteiger partial charge on any atom is 0.0956 e. The minimum absolute atomic E-state index is 0.440. The number of hydrogen-bond donors (Lipinski definition) is 1. The highest BCUT2D eigenvalue weighted by Crippen LogP contribution is 1.98. The van der Waals surface area contributed by atoms with Gasteiger partial charge in [-0.2, -0.15) is 0 Å². The number of allylic oxidation sites excluding steroid dienone is 1. The van der Waals surface area contributed by atoms with Crippen molar-refractivity contribution in [2.75, 3.05) is 6.54 Å². The molecule has 1 heterocycles. The van der Waals surface area contributed by atoms with E-state index in [1.54, 1.807) is 12.3 Å². The summed E-state index contributed by atoms with van der Waals surface area (Å²) in [6.07, 6.45) is 3.94. The van der Waals surface area contributed by atoms with Gasteiger partial charge in [-0.15, -0.1) is 0 Å². The molecule has 1 N–H and O–H groups in total. The van der Waals surface area contributed by atoms with Crippen LogP contribution in [0.15, 0.2) is 16.8 Å². The van der Waals surface area contributed by atoms with E-state index in [0.717, 1.165) is 6.54 Å². The SMILES string of the molecule is OC1=CC=NCC1. The van der Waals surface area contributed by atoms with Gasteiger partial charge in [-0.05, 0) is 6.08 Å². The number of hydrogen-bond acceptors (Lipinski definition) is 2. The Morgan fingerprint density at radius 1 is 1.71 bits per heavy atom.